The summed E-state index contributed by atoms with van der Waals surface area (Å²) >= 11 is 0. The molecular weight excluding hydrogens is 332 g/mol. The molecule has 7 nitrogen and oxygen atoms in total. The van der Waals surface area contributed by atoms with Crippen LogP contribution in [0.4, 0.5) is 4.79 Å². The molecule has 1 N–H and O–H groups in total. The number of nitrogens with one attached hydrogen (secondary N) is 1. The SMILES string of the molecule is CC(C)(C)OC(=O)N(CCNS(C)(=O)=O)C1CCC(C[C]=O)CC1. The van der Waals surface area contributed by atoms with Crippen LogP contribution in [0.5, 0.6) is 0 Å². The van der Waals surface area contributed by atoms with Gasteiger partial charge in [-0.2, -0.15) is 0 Å². The van der Waals surface area contributed by atoms with E-state index in [0.29, 0.717) is 12.3 Å². The molecule has 1 rings (SSSR count). The number of ether oxygens (including phenoxy) is 1. The van der Waals surface area contributed by atoms with E-state index in [2.05, 4.69) is 4.72 Å². The van der Waals surface area contributed by atoms with Gasteiger partial charge in [0.15, 0.2) is 6.29 Å². The number of rotatable bonds is 7. The van der Waals surface area contributed by atoms with Gasteiger partial charge in [-0.15, -0.1) is 0 Å². The van der Waals surface area contributed by atoms with Crippen molar-refractivity contribution in [3.05, 3.63) is 0 Å². The highest BCUT2D eigenvalue weighted by molar-refractivity contribution is 7.88. The van der Waals surface area contributed by atoms with Crippen molar-refractivity contribution in [1.29, 1.82) is 0 Å². The lowest BCUT2D eigenvalue weighted by Crippen LogP contribution is -2.48. The summed E-state index contributed by atoms with van der Waals surface area (Å²) in [6.45, 7) is 5.81. The molecule has 0 unspecified atom stereocenters. The van der Waals surface area contributed by atoms with E-state index in [1.165, 1.54) is 0 Å². The normalized spacial score (nSPS) is 22.0. The van der Waals surface area contributed by atoms with E-state index >= 15 is 0 Å². The van der Waals surface area contributed by atoms with E-state index in [0.717, 1.165) is 31.9 Å². The van der Waals surface area contributed by atoms with Crippen LogP contribution < -0.4 is 4.72 Å². The summed E-state index contributed by atoms with van der Waals surface area (Å²) in [6, 6.07) is 0.00381. The Morgan fingerprint density at radius 2 is 1.83 bits per heavy atom. The molecule has 1 saturated carbocycles. The third-order valence-electron chi connectivity index (χ3n) is 3.97. The first-order valence-corrected chi connectivity index (χ1v) is 10.2. The zero-order valence-corrected chi connectivity index (χ0v) is 15.8. The Kier molecular flexibility index (Phi) is 7.66. The average Bonchev–Trinajstić information content (AvgIpc) is 2.42. The van der Waals surface area contributed by atoms with Crippen molar-refractivity contribution >= 4 is 22.4 Å². The van der Waals surface area contributed by atoms with Crippen molar-refractivity contribution < 1.29 is 22.7 Å². The molecular formula is C16H29N2O5S. The van der Waals surface area contributed by atoms with Gasteiger partial charge in [-0.25, -0.2) is 17.9 Å². The Hall–Kier alpha value is -1.15. The Bertz CT molecular complexity index is 519. The third-order valence-corrected chi connectivity index (χ3v) is 4.70. The monoisotopic (exact) mass is 361 g/mol. The second-order valence-corrected chi connectivity index (χ2v) is 9.20. The number of hydrogen-bond donors (Lipinski definition) is 1. The zero-order chi connectivity index (χ0) is 18.4. The molecule has 0 bridgehead atoms. The highest BCUT2D eigenvalue weighted by Crippen LogP contribution is 2.29. The van der Waals surface area contributed by atoms with Gasteiger partial charge >= 0.3 is 6.09 Å². The van der Waals surface area contributed by atoms with Crippen LogP contribution in [-0.4, -0.2) is 56.7 Å². The molecule has 1 fully saturated rings. The zero-order valence-electron chi connectivity index (χ0n) is 15.0. The molecule has 0 heterocycles. The second kappa shape index (κ2) is 8.80. The van der Waals surface area contributed by atoms with Crippen LogP contribution in [0.15, 0.2) is 0 Å². The van der Waals surface area contributed by atoms with Crippen LogP contribution in [0.2, 0.25) is 0 Å². The Balaban J connectivity index is 2.70. The number of carbonyl (C=O) groups excluding carboxylic acids is 2. The summed E-state index contributed by atoms with van der Waals surface area (Å²) in [5.74, 6) is 0.327. The lowest BCUT2D eigenvalue weighted by Gasteiger charge is -2.37. The van der Waals surface area contributed by atoms with Crippen LogP contribution in [0.1, 0.15) is 52.9 Å². The molecule has 1 aliphatic rings. The minimum Gasteiger partial charge on any atom is -0.444 e. The first kappa shape index (κ1) is 20.9. The maximum Gasteiger partial charge on any atom is 0.410 e. The molecule has 8 heteroatoms. The van der Waals surface area contributed by atoms with E-state index < -0.39 is 21.7 Å². The van der Waals surface area contributed by atoms with Crippen molar-refractivity contribution in [3.63, 3.8) is 0 Å². The molecule has 0 saturated heterocycles. The molecule has 0 spiro atoms. The maximum atomic E-state index is 12.5. The number of carbonyl (C=O) groups is 1. The van der Waals surface area contributed by atoms with Gasteiger partial charge in [0.05, 0.1) is 6.26 Å². The number of sulfonamides is 1. The molecule has 139 valence electrons. The fourth-order valence-electron chi connectivity index (χ4n) is 2.87. The van der Waals surface area contributed by atoms with Crippen LogP contribution in [-0.2, 0) is 19.6 Å². The van der Waals surface area contributed by atoms with Crippen LogP contribution in [0.25, 0.3) is 0 Å². The molecule has 24 heavy (non-hydrogen) atoms. The maximum absolute atomic E-state index is 12.5. The summed E-state index contributed by atoms with van der Waals surface area (Å²) in [5, 5.41) is 0. The van der Waals surface area contributed by atoms with Gasteiger partial charge in [-0.1, -0.05) is 0 Å². The molecule has 1 radical (unpaired) electrons. The third kappa shape index (κ3) is 8.10. The van der Waals surface area contributed by atoms with Gasteiger partial charge in [0.2, 0.25) is 10.0 Å². The van der Waals surface area contributed by atoms with Crippen LogP contribution in [0, 0.1) is 5.92 Å². The van der Waals surface area contributed by atoms with Crippen LogP contribution in [0.3, 0.4) is 0 Å². The quantitative estimate of drug-likeness (QED) is 0.747. The molecule has 0 aliphatic heterocycles. The molecule has 1 aliphatic carbocycles. The average molecular weight is 361 g/mol. The topological polar surface area (TPSA) is 92.8 Å². The molecule has 0 atom stereocenters. The predicted molar refractivity (Wildman–Crippen MR) is 91.8 cm³/mol. The summed E-state index contributed by atoms with van der Waals surface area (Å²) in [7, 11) is -3.30. The van der Waals surface area contributed by atoms with E-state index in [-0.39, 0.29) is 19.1 Å². The standard InChI is InChI=1S/C16H29N2O5S/c1-16(2,3)23-15(20)18(11-10-17-24(4,21)22)14-7-5-13(6-8-14)9-12-19/h13-14,17H,5-11H2,1-4H3. The van der Waals surface area contributed by atoms with E-state index in [1.54, 1.807) is 25.7 Å². The first-order valence-electron chi connectivity index (χ1n) is 8.31. The van der Waals surface area contributed by atoms with E-state index in [4.69, 9.17) is 4.74 Å². The highest BCUT2D eigenvalue weighted by atomic mass is 32.2. The van der Waals surface area contributed by atoms with Crippen molar-refractivity contribution in [2.45, 2.75) is 64.5 Å². The Morgan fingerprint density at radius 3 is 2.29 bits per heavy atom. The van der Waals surface area contributed by atoms with E-state index in [1.807, 2.05) is 6.29 Å². The van der Waals surface area contributed by atoms with Gasteiger partial charge in [0.25, 0.3) is 0 Å². The summed E-state index contributed by atoms with van der Waals surface area (Å²) in [4.78, 5) is 24.6. The van der Waals surface area contributed by atoms with E-state index in [9.17, 15) is 18.0 Å². The van der Waals surface area contributed by atoms with Gasteiger partial charge in [0.1, 0.15) is 5.60 Å². The highest BCUT2D eigenvalue weighted by Gasteiger charge is 2.31. The smallest absolute Gasteiger partial charge is 0.410 e. The molecule has 0 aromatic heterocycles. The fraction of sp³-hybridized carbons (Fsp3) is 0.875. The summed E-state index contributed by atoms with van der Waals surface area (Å²) < 4.78 is 30.3. The lowest BCUT2D eigenvalue weighted by atomic mass is 9.84. The number of amides is 1. The van der Waals surface area contributed by atoms with Crippen molar-refractivity contribution in [2.24, 2.45) is 5.92 Å². The molecule has 0 aromatic rings. The summed E-state index contributed by atoms with van der Waals surface area (Å²) in [5.41, 5.74) is -0.608. The second-order valence-electron chi connectivity index (χ2n) is 7.36. The van der Waals surface area contributed by atoms with Gasteiger partial charge < -0.3 is 9.64 Å². The number of hydrogen-bond acceptors (Lipinski definition) is 5. The minimum absolute atomic E-state index is 0.00381. The largest absolute Gasteiger partial charge is 0.444 e. The Morgan fingerprint density at radius 1 is 1.25 bits per heavy atom. The summed E-state index contributed by atoms with van der Waals surface area (Å²) in [6.07, 6.45) is 6.34. The van der Waals surface area contributed by atoms with Gasteiger partial charge in [-0.3, -0.25) is 4.79 Å². The number of nitrogens with zero attached hydrogens (tertiary/aromatic N) is 1. The molecule has 0 aromatic carbocycles. The lowest BCUT2D eigenvalue weighted by molar-refractivity contribution is 0.0110. The van der Waals surface area contributed by atoms with Crippen LogP contribution >= 0.6 is 0 Å². The Labute approximate surface area is 145 Å². The predicted octanol–water partition coefficient (Wildman–Crippen LogP) is 1.83. The van der Waals surface area contributed by atoms with Crippen molar-refractivity contribution in [2.75, 3.05) is 19.3 Å². The minimum atomic E-state index is -3.30. The van der Waals surface area contributed by atoms with Crippen molar-refractivity contribution in [3.8, 4) is 0 Å². The van der Waals surface area contributed by atoms with Gasteiger partial charge in [-0.05, 0) is 52.4 Å². The van der Waals surface area contributed by atoms with Gasteiger partial charge in [0, 0.05) is 25.6 Å². The molecule has 1 amide bonds. The first-order chi connectivity index (χ1) is 11.0. The van der Waals surface area contributed by atoms with Crippen molar-refractivity contribution in [1.82, 2.24) is 9.62 Å². The fourth-order valence-corrected chi connectivity index (χ4v) is 3.34.